The van der Waals surface area contributed by atoms with Gasteiger partial charge >= 0.3 is 0 Å². The van der Waals surface area contributed by atoms with Crippen molar-refractivity contribution < 1.29 is 0 Å². The monoisotopic (exact) mass is 186 g/mol. The highest BCUT2D eigenvalue weighted by molar-refractivity contribution is 8.00. The minimum atomic E-state index is 1.03. The van der Waals surface area contributed by atoms with Crippen molar-refractivity contribution in [2.75, 3.05) is 5.75 Å². The van der Waals surface area contributed by atoms with E-state index in [2.05, 4.69) is 18.7 Å². The van der Waals surface area contributed by atoms with Gasteiger partial charge in [-0.25, -0.2) is 0 Å². The van der Waals surface area contributed by atoms with Crippen LogP contribution in [0.15, 0.2) is 0 Å². The number of hydrogen-bond acceptors (Lipinski definition) is 1. The molecule has 1 heteroatoms. The summed E-state index contributed by atoms with van der Waals surface area (Å²) in [6.07, 6.45) is 11.7. The number of thioether (sulfide) groups is 1. The number of rotatable bonds is 6. The van der Waals surface area contributed by atoms with Crippen molar-refractivity contribution in [2.24, 2.45) is 0 Å². The molecule has 0 aromatic rings. The Bertz CT molecular complexity index is 95.2. The van der Waals surface area contributed by atoms with Gasteiger partial charge in [0.05, 0.1) is 0 Å². The summed E-state index contributed by atoms with van der Waals surface area (Å²) in [4.78, 5) is 0. The lowest BCUT2D eigenvalue weighted by atomic mass is 10.1. The van der Waals surface area contributed by atoms with Gasteiger partial charge in [0.1, 0.15) is 0 Å². The van der Waals surface area contributed by atoms with E-state index in [0.717, 1.165) is 5.25 Å². The molecule has 1 saturated heterocycles. The van der Waals surface area contributed by atoms with E-state index in [1.54, 1.807) is 0 Å². The lowest BCUT2D eigenvalue weighted by molar-refractivity contribution is 0.589. The Morgan fingerprint density at radius 1 is 1.17 bits per heavy atom. The molecule has 72 valence electrons. The summed E-state index contributed by atoms with van der Waals surface area (Å²) in [5.41, 5.74) is 0. The molecule has 0 saturated carbocycles. The van der Waals surface area contributed by atoms with Gasteiger partial charge in [0.15, 0.2) is 0 Å². The molecule has 1 fully saturated rings. The zero-order chi connectivity index (χ0) is 8.65. The van der Waals surface area contributed by atoms with Crippen molar-refractivity contribution >= 4 is 11.8 Å². The minimum Gasteiger partial charge on any atom is -0.159 e. The van der Waals surface area contributed by atoms with Gasteiger partial charge in [-0.3, -0.25) is 0 Å². The molecular formula is C11H22S. The third-order valence-electron chi connectivity index (χ3n) is 2.65. The fraction of sp³-hybridized carbons (Fsp3) is 1.00. The smallest absolute Gasteiger partial charge is 0.00473 e. The van der Waals surface area contributed by atoms with Crippen LogP contribution in [0, 0.1) is 0 Å². The first-order chi connectivity index (χ1) is 5.93. The van der Waals surface area contributed by atoms with E-state index in [4.69, 9.17) is 0 Å². The van der Waals surface area contributed by atoms with Crippen LogP contribution in [0.4, 0.5) is 0 Å². The Hall–Kier alpha value is 0.350. The molecule has 0 aliphatic carbocycles. The fourth-order valence-electron chi connectivity index (χ4n) is 1.85. The molecule has 1 aliphatic rings. The van der Waals surface area contributed by atoms with Crippen LogP contribution in [-0.4, -0.2) is 11.0 Å². The Labute approximate surface area is 81.5 Å². The third-order valence-corrected chi connectivity index (χ3v) is 4.12. The van der Waals surface area contributed by atoms with Crippen LogP contribution in [0.2, 0.25) is 0 Å². The van der Waals surface area contributed by atoms with Crippen LogP contribution in [0.25, 0.3) is 0 Å². The first-order valence-corrected chi connectivity index (χ1v) is 6.60. The molecule has 0 aromatic carbocycles. The van der Waals surface area contributed by atoms with Crippen LogP contribution >= 0.6 is 11.8 Å². The first kappa shape index (κ1) is 10.4. The molecule has 0 radical (unpaired) electrons. The van der Waals surface area contributed by atoms with Gasteiger partial charge in [0.2, 0.25) is 0 Å². The molecule has 0 N–H and O–H groups in total. The van der Waals surface area contributed by atoms with Crippen LogP contribution in [0.3, 0.4) is 0 Å². The zero-order valence-electron chi connectivity index (χ0n) is 8.35. The topological polar surface area (TPSA) is 0 Å². The van der Waals surface area contributed by atoms with Crippen LogP contribution in [0.1, 0.15) is 58.3 Å². The SMILES string of the molecule is CCCCCCCC1CCCS1. The largest absolute Gasteiger partial charge is 0.159 e. The maximum absolute atomic E-state index is 2.28. The van der Waals surface area contributed by atoms with Gasteiger partial charge in [0.25, 0.3) is 0 Å². The maximum Gasteiger partial charge on any atom is 0.00473 e. The summed E-state index contributed by atoms with van der Waals surface area (Å²) in [6, 6.07) is 0. The van der Waals surface area contributed by atoms with E-state index >= 15 is 0 Å². The van der Waals surface area contributed by atoms with Gasteiger partial charge in [-0.15, -0.1) is 0 Å². The van der Waals surface area contributed by atoms with Gasteiger partial charge in [0, 0.05) is 5.25 Å². The maximum atomic E-state index is 2.28. The molecule has 1 atom stereocenters. The normalized spacial score (nSPS) is 23.2. The quantitative estimate of drug-likeness (QED) is 0.559. The highest BCUT2D eigenvalue weighted by atomic mass is 32.2. The van der Waals surface area contributed by atoms with Gasteiger partial charge < -0.3 is 0 Å². The summed E-state index contributed by atoms with van der Waals surface area (Å²) in [5, 5.41) is 1.03. The summed E-state index contributed by atoms with van der Waals surface area (Å²) in [6.45, 7) is 2.28. The van der Waals surface area contributed by atoms with Crippen molar-refractivity contribution in [1.29, 1.82) is 0 Å². The van der Waals surface area contributed by atoms with E-state index in [9.17, 15) is 0 Å². The van der Waals surface area contributed by atoms with Crippen molar-refractivity contribution in [3.8, 4) is 0 Å². The predicted molar refractivity (Wildman–Crippen MR) is 58.9 cm³/mol. The second kappa shape index (κ2) is 6.82. The van der Waals surface area contributed by atoms with Crippen molar-refractivity contribution in [1.82, 2.24) is 0 Å². The predicted octanol–water partition coefficient (Wildman–Crippen LogP) is 4.24. The molecule has 1 aliphatic heterocycles. The van der Waals surface area contributed by atoms with E-state index < -0.39 is 0 Å². The average molecular weight is 186 g/mol. The first-order valence-electron chi connectivity index (χ1n) is 5.55. The zero-order valence-corrected chi connectivity index (χ0v) is 9.17. The lowest BCUT2D eigenvalue weighted by Gasteiger charge is -2.06. The Balaban J connectivity index is 1.81. The van der Waals surface area contributed by atoms with Crippen molar-refractivity contribution in [2.45, 2.75) is 63.5 Å². The fourth-order valence-corrected chi connectivity index (χ4v) is 3.18. The third kappa shape index (κ3) is 4.39. The molecule has 0 bridgehead atoms. The van der Waals surface area contributed by atoms with E-state index in [1.807, 2.05) is 0 Å². The summed E-state index contributed by atoms with van der Waals surface area (Å²) in [7, 11) is 0. The molecule has 0 spiro atoms. The van der Waals surface area contributed by atoms with Gasteiger partial charge in [-0.1, -0.05) is 39.0 Å². The summed E-state index contributed by atoms with van der Waals surface area (Å²) < 4.78 is 0. The summed E-state index contributed by atoms with van der Waals surface area (Å²) in [5.74, 6) is 1.43. The standard InChI is InChI=1S/C11H22S/c1-2-3-4-5-6-8-11-9-7-10-12-11/h11H,2-10H2,1H3. The van der Waals surface area contributed by atoms with E-state index in [0.29, 0.717) is 0 Å². The molecule has 1 heterocycles. The molecule has 12 heavy (non-hydrogen) atoms. The van der Waals surface area contributed by atoms with E-state index in [1.165, 1.54) is 57.1 Å². The van der Waals surface area contributed by atoms with Crippen LogP contribution < -0.4 is 0 Å². The van der Waals surface area contributed by atoms with Crippen molar-refractivity contribution in [3.05, 3.63) is 0 Å². The molecule has 1 unspecified atom stereocenters. The molecular weight excluding hydrogens is 164 g/mol. The molecule has 0 nitrogen and oxygen atoms in total. The summed E-state index contributed by atoms with van der Waals surface area (Å²) >= 11 is 2.21. The van der Waals surface area contributed by atoms with E-state index in [-0.39, 0.29) is 0 Å². The molecule has 1 rings (SSSR count). The Morgan fingerprint density at radius 3 is 2.67 bits per heavy atom. The Kier molecular flexibility index (Phi) is 5.93. The second-order valence-electron chi connectivity index (χ2n) is 3.84. The molecule has 0 amide bonds. The Morgan fingerprint density at radius 2 is 2.00 bits per heavy atom. The van der Waals surface area contributed by atoms with Crippen molar-refractivity contribution in [3.63, 3.8) is 0 Å². The second-order valence-corrected chi connectivity index (χ2v) is 5.25. The number of unbranched alkanes of at least 4 members (excludes halogenated alkanes) is 4. The van der Waals surface area contributed by atoms with Gasteiger partial charge in [-0.05, 0) is 25.0 Å². The van der Waals surface area contributed by atoms with Crippen LogP contribution in [-0.2, 0) is 0 Å². The molecule has 0 aromatic heterocycles. The average Bonchev–Trinajstić information content (AvgIpc) is 2.57. The lowest BCUT2D eigenvalue weighted by Crippen LogP contribution is -1.95. The highest BCUT2D eigenvalue weighted by Crippen LogP contribution is 2.30. The van der Waals surface area contributed by atoms with Gasteiger partial charge in [-0.2, -0.15) is 11.8 Å². The highest BCUT2D eigenvalue weighted by Gasteiger charge is 2.14. The van der Waals surface area contributed by atoms with Crippen LogP contribution in [0.5, 0.6) is 0 Å². The number of hydrogen-bond donors (Lipinski definition) is 0. The minimum absolute atomic E-state index is 1.03.